The van der Waals surface area contributed by atoms with Crippen molar-refractivity contribution in [1.82, 2.24) is 5.32 Å². The Morgan fingerprint density at radius 3 is 0.909 bits per heavy atom. The standard InChI is InChI=1S/C82H155NO5/c1-3-5-7-9-11-13-15-17-18-19-20-38-41-44-47-51-54-58-62-66-70-74-80(85)79(78-84)83-81(86)75-71-67-63-59-55-52-48-45-42-39-36-34-32-30-28-26-24-22-21-23-25-27-29-31-33-35-37-40-43-46-49-53-57-61-65-69-73-77-88-82(87)76-72-68-64-60-56-50-16-14-12-10-8-6-4-2/h8,10,14,16,21,23,27,29,79-80,84-85H,3-7,9,11-13,15,17-20,22,24-26,28,30-78H2,1-2H3,(H,83,86)/b10-8-,16-14-,23-21-,29-27-. The van der Waals surface area contributed by atoms with Crippen LogP contribution >= 0.6 is 0 Å². The maximum atomic E-state index is 12.6. The zero-order valence-corrected chi connectivity index (χ0v) is 59.5. The van der Waals surface area contributed by atoms with Gasteiger partial charge in [-0.05, 0) is 83.5 Å². The lowest BCUT2D eigenvalue weighted by molar-refractivity contribution is -0.143. The van der Waals surface area contributed by atoms with Crippen molar-refractivity contribution in [3.63, 3.8) is 0 Å². The number of aliphatic hydroxyl groups excluding tert-OH is 2. The quantitative estimate of drug-likeness (QED) is 0.0320. The lowest BCUT2D eigenvalue weighted by atomic mass is 10.0. The van der Waals surface area contributed by atoms with E-state index in [1.165, 1.54) is 347 Å². The molecule has 0 bridgehead atoms. The van der Waals surface area contributed by atoms with Crippen molar-refractivity contribution in [2.75, 3.05) is 13.2 Å². The number of allylic oxidation sites excluding steroid dienone is 8. The van der Waals surface area contributed by atoms with Gasteiger partial charge in [0.15, 0.2) is 0 Å². The molecule has 2 unspecified atom stereocenters. The molecular weight excluding hydrogens is 1080 g/mol. The van der Waals surface area contributed by atoms with E-state index in [0.717, 1.165) is 57.8 Å². The molecule has 0 aliphatic carbocycles. The van der Waals surface area contributed by atoms with Crippen LogP contribution in [0.15, 0.2) is 48.6 Å². The van der Waals surface area contributed by atoms with E-state index in [2.05, 4.69) is 67.8 Å². The predicted molar refractivity (Wildman–Crippen MR) is 389 cm³/mol. The van der Waals surface area contributed by atoms with Gasteiger partial charge in [0.1, 0.15) is 0 Å². The number of aliphatic hydroxyl groups is 2. The molecule has 0 aliphatic rings. The first kappa shape index (κ1) is 85.8. The van der Waals surface area contributed by atoms with Crippen LogP contribution in [0.25, 0.3) is 0 Å². The molecule has 88 heavy (non-hydrogen) atoms. The minimum atomic E-state index is -0.664. The SMILES string of the molecule is CCC/C=C\C/C=C\CCCCCCCC(=O)OCCCCCCCCCCCCCCC/C=C\C/C=C\CCCCCCCCCCCCCCCCCCCC(=O)NC(CO)C(O)CCCCCCCCCCCCCCCCCCCCCCC. The zero-order chi connectivity index (χ0) is 63.5. The molecule has 6 nitrogen and oxygen atoms in total. The molecule has 0 saturated heterocycles. The van der Waals surface area contributed by atoms with Crippen LogP contribution in [-0.4, -0.2) is 47.4 Å². The largest absolute Gasteiger partial charge is 0.466 e. The number of carbonyl (C=O) groups is 2. The molecule has 6 heteroatoms. The van der Waals surface area contributed by atoms with Crippen molar-refractivity contribution in [2.45, 2.75) is 450 Å². The third-order valence-corrected chi connectivity index (χ3v) is 18.6. The van der Waals surface area contributed by atoms with Gasteiger partial charge in [0.2, 0.25) is 5.91 Å². The van der Waals surface area contributed by atoms with Gasteiger partial charge in [-0.1, -0.05) is 390 Å². The number of amides is 1. The number of rotatable bonds is 75. The van der Waals surface area contributed by atoms with E-state index < -0.39 is 12.1 Å². The highest BCUT2D eigenvalue weighted by molar-refractivity contribution is 5.76. The summed E-state index contributed by atoms with van der Waals surface area (Å²) in [5, 5.41) is 23.5. The average Bonchev–Trinajstić information content (AvgIpc) is 3.59. The lowest BCUT2D eigenvalue weighted by Crippen LogP contribution is -2.45. The maximum absolute atomic E-state index is 12.6. The molecule has 0 aromatic rings. The fourth-order valence-electron chi connectivity index (χ4n) is 12.5. The van der Waals surface area contributed by atoms with Crippen molar-refractivity contribution >= 4 is 11.9 Å². The third-order valence-electron chi connectivity index (χ3n) is 18.6. The summed E-state index contributed by atoms with van der Waals surface area (Å²) in [5.74, 6) is -0.0239. The van der Waals surface area contributed by atoms with Crippen molar-refractivity contribution in [1.29, 1.82) is 0 Å². The van der Waals surface area contributed by atoms with Crippen molar-refractivity contribution in [2.24, 2.45) is 0 Å². The summed E-state index contributed by atoms with van der Waals surface area (Å²) in [6.07, 6.45) is 102. The number of esters is 1. The van der Waals surface area contributed by atoms with Gasteiger partial charge in [-0.15, -0.1) is 0 Å². The minimum absolute atomic E-state index is 0.00366. The molecule has 0 aromatic heterocycles. The van der Waals surface area contributed by atoms with Crippen LogP contribution in [0.5, 0.6) is 0 Å². The van der Waals surface area contributed by atoms with Crippen LogP contribution in [-0.2, 0) is 14.3 Å². The normalized spacial score (nSPS) is 12.7. The van der Waals surface area contributed by atoms with Gasteiger partial charge in [-0.25, -0.2) is 0 Å². The Morgan fingerprint density at radius 1 is 0.318 bits per heavy atom. The number of nitrogens with one attached hydrogen (secondary N) is 1. The van der Waals surface area contributed by atoms with Crippen LogP contribution in [0, 0.1) is 0 Å². The molecule has 0 aromatic carbocycles. The molecule has 3 N–H and O–H groups in total. The Kier molecular flexibility index (Phi) is 75.4. The first-order valence-corrected chi connectivity index (χ1v) is 39.9. The molecule has 1 amide bonds. The van der Waals surface area contributed by atoms with E-state index in [1.54, 1.807) is 0 Å². The van der Waals surface area contributed by atoms with E-state index >= 15 is 0 Å². The van der Waals surface area contributed by atoms with Crippen molar-refractivity contribution < 1.29 is 24.5 Å². The summed E-state index contributed by atoms with van der Waals surface area (Å²) in [4.78, 5) is 24.6. The monoisotopic (exact) mass is 1230 g/mol. The van der Waals surface area contributed by atoms with Gasteiger partial charge in [-0.2, -0.15) is 0 Å². The van der Waals surface area contributed by atoms with E-state index in [4.69, 9.17) is 4.74 Å². The van der Waals surface area contributed by atoms with E-state index in [0.29, 0.717) is 25.9 Å². The second-order valence-corrected chi connectivity index (χ2v) is 27.4. The Bertz CT molecular complexity index is 1470. The second-order valence-electron chi connectivity index (χ2n) is 27.4. The average molecular weight is 1240 g/mol. The van der Waals surface area contributed by atoms with Gasteiger partial charge < -0.3 is 20.3 Å². The number of unbranched alkanes of at least 4 members (excludes halogenated alkanes) is 56. The lowest BCUT2D eigenvalue weighted by Gasteiger charge is -2.22. The van der Waals surface area contributed by atoms with Gasteiger partial charge in [0.05, 0.1) is 25.4 Å². The van der Waals surface area contributed by atoms with Gasteiger partial charge in [0.25, 0.3) is 0 Å². The molecule has 0 spiro atoms. The topological polar surface area (TPSA) is 95.9 Å². The Labute approximate surface area is 550 Å². The summed E-state index contributed by atoms with van der Waals surface area (Å²) < 4.78 is 5.48. The van der Waals surface area contributed by atoms with Crippen LogP contribution in [0.4, 0.5) is 0 Å². The summed E-state index contributed by atoms with van der Waals surface area (Å²) in [6.45, 7) is 4.93. The molecule has 0 fully saturated rings. The summed E-state index contributed by atoms with van der Waals surface area (Å²) in [5.41, 5.74) is 0. The van der Waals surface area contributed by atoms with Crippen LogP contribution in [0.1, 0.15) is 438 Å². The highest BCUT2D eigenvalue weighted by atomic mass is 16.5. The van der Waals surface area contributed by atoms with Gasteiger partial charge in [-0.3, -0.25) is 9.59 Å². The van der Waals surface area contributed by atoms with Gasteiger partial charge >= 0.3 is 5.97 Å². The minimum Gasteiger partial charge on any atom is -0.466 e. The highest BCUT2D eigenvalue weighted by Gasteiger charge is 2.20. The number of hydrogen-bond donors (Lipinski definition) is 3. The molecule has 518 valence electrons. The Balaban J connectivity index is 3.37. The van der Waals surface area contributed by atoms with Crippen LogP contribution in [0.3, 0.4) is 0 Å². The first-order valence-electron chi connectivity index (χ1n) is 39.9. The molecule has 0 aliphatic heterocycles. The Morgan fingerprint density at radius 2 is 0.591 bits per heavy atom. The van der Waals surface area contributed by atoms with E-state index in [-0.39, 0.29) is 18.5 Å². The molecule has 0 heterocycles. The first-order chi connectivity index (χ1) is 43.5. The summed E-state index contributed by atoms with van der Waals surface area (Å²) in [7, 11) is 0. The molecule has 0 rings (SSSR count). The number of ether oxygens (including phenoxy) is 1. The molecule has 0 saturated carbocycles. The van der Waals surface area contributed by atoms with E-state index in [1.807, 2.05) is 0 Å². The highest BCUT2D eigenvalue weighted by Crippen LogP contribution is 2.20. The maximum Gasteiger partial charge on any atom is 0.305 e. The summed E-state index contributed by atoms with van der Waals surface area (Å²) >= 11 is 0. The predicted octanol–water partition coefficient (Wildman–Crippen LogP) is 26.4. The third kappa shape index (κ3) is 72.9. The Hall–Kier alpha value is -2.18. The molecular formula is C82H155NO5. The fraction of sp³-hybridized carbons (Fsp3) is 0.878. The molecule has 0 radical (unpaired) electrons. The smallest absolute Gasteiger partial charge is 0.305 e. The second kappa shape index (κ2) is 77.3. The summed E-state index contributed by atoms with van der Waals surface area (Å²) in [6, 6.07) is -0.541. The van der Waals surface area contributed by atoms with Crippen LogP contribution < -0.4 is 5.32 Å². The molecule has 2 atom stereocenters. The van der Waals surface area contributed by atoms with Crippen molar-refractivity contribution in [3.8, 4) is 0 Å². The van der Waals surface area contributed by atoms with Gasteiger partial charge in [0, 0.05) is 12.8 Å². The van der Waals surface area contributed by atoms with E-state index in [9.17, 15) is 19.8 Å². The van der Waals surface area contributed by atoms with Crippen molar-refractivity contribution in [3.05, 3.63) is 48.6 Å². The zero-order valence-electron chi connectivity index (χ0n) is 59.5. The number of carbonyl (C=O) groups excluding carboxylic acids is 2. The van der Waals surface area contributed by atoms with Crippen LogP contribution in [0.2, 0.25) is 0 Å². The fourth-order valence-corrected chi connectivity index (χ4v) is 12.5. The number of hydrogen-bond acceptors (Lipinski definition) is 5.